The number of likely N-dealkylation sites (tertiary alicyclic amines) is 1. The van der Waals surface area contributed by atoms with Crippen LogP contribution < -0.4 is 16.0 Å². The number of guanidine groups is 1. The summed E-state index contributed by atoms with van der Waals surface area (Å²) in [6, 6.07) is 8.65. The highest BCUT2D eigenvalue weighted by atomic mass is 127. The fourth-order valence-electron chi connectivity index (χ4n) is 3.09. The molecule has 27 heavy (non-hydrogen) atoms. The normalized spacial score (nSPS) is 16.7. The van der Waals surface area contributed by atoms with Crippen LogP contribution in [0.25, 0.3) is 0 Å². The van der Waals surface area contributed by atoms with Crippen molar-refractivity contribution in [3.63, 3.8) is 0 Å². The average Bonchev–Trinajstić information content (AvgIpc) is 2.60. The van der Waals surface area contributed by atoms with Crippen molar-refractivity contribution in [2.75, 3.05) is 33.2 Å². The molecule has 7 heteroatoms. The zero-order chi connectivity index (χ0) is 19.0. The molecule has 0 saturated carbocycles. The van der Waals surface area contributed by atoms with Gasteiger partial charge in [-0.3, -0.25) is 9.89 Å². The highest BCUT2D eigenvalue weighted by molar-refractivity contribution is 14.0. The summed E-state index contributed by atoms with van der Waals surface area (Å²) in [6.45, 7) is 11.5. The van der Waals surface area contributed by atoms with Crippen molar-refractivity contribution in [3.05, 3.63) is 34.9 Å². The summed E-state index contributed by atoms with van der Waals surface area (Å²) in [6.07, 6.45) is 2.27. The monoisotopic (exact) mass is 507 g/mol. The molecule has 3 N–H and O–H groups in total. The highest BCUT2D eigenvalue weighted by Gasteiger charge is 2.20. The lowest BCUT2D eigenvalue weighted by Gasteiger charge is -2.33. The van der Waals surface area contributed by atoms with E-state index in [-0.39, 0.29) is 29.5 Å². The lowest BCUT2D eigenvalue weighted by molar-refractivity contribution is 0.198. The first-order valence-electron chi connectivity index (χ1n) is 9.55. The van der Waals surface area contributed by atoms with E-state index >= 15 is 0 Å². The van der Waals surface area contributed by atoms with Crippen molar-refractivity contribution < 1.29 is 0 Å². The molecule has 1 aromatic rings. The zero-order valence-corrected chi connectivity index (χ0v) is 20.1. The predicted octanol–water partition coefficient (Wildman–Crippen LogP) is 3.48. The van der Waals surface area contributed by atoms with E-state index in [0.717, 1.165) is 56.5 Å². The summed E-state index contributed by atoms with van der Waals surface area (Å²) < 4.78 is 0. The Hall–Kier alpha value is -0.570. The maximum atomic E-state index is 5.96. The number of hydrogen-bond donors (Lipinski definition) is 3. The van der Waals surface area contributed by atoms with Crippen LogP contribution in [-0.4, -0.2) is 55.7 Å². The van der Waals surface area contributed by atoms with Crippen LogP contribution in [0.3, 0.4) is 0 Å². The molecule has 154 valence electrons. The van der Waals surface area contributed by atoms with Crippen molar-refractivity contribution in [2.24, 2.45) is 4.99 Å². The van der Waals surface area contributed by atoms with Crippen molar-refractivity contribution in [1.82, 2.24) is 20.9 Å². The SMILES string of the molecule is CN=C(NCCNC(C)(C)C)NC1CCN(Cc2ccc(Cl)cc2)CC1.I. The molecule has 0 radical (unpaired) electrons. The van der Waals surface area contributed by atoms with Gasteiger partial charge < -0.3 is 16.0 Å². The summed E-state index contributed by atoms with van der Waals surface area (Å²) in [5.74, 6) is 0.900. The van der Waals surface area contributed by atoms with E-state index in [2.05, 4.69) is 58.7 Å². The Kier molecular flexibility index (Phi) is 11.0. The molecule has 0 aromatic heterocycles. The third-order valence-corrected chi connectivity index (χ3v) is 4.80. The number of aliphatic imine (C=N–C) groups is 1. The first-order valence-corrected chi connectivity index (χ1v) is 9.92. The van der Waals surface area contributed by atoms with Crippen molar-refractivity contribution in [3.8, 4) is 0 Å². The number of nitrogens with zero attached hydrogens (tertiary/aromatic N) is 2. The van der Waals surface area contributed by atoms with Gasteiger partial charge in [-0.1, -0.05) is 23.7 Å². The molecule has 0 spiro atoms. The van der Waals surface area contributed by atoms with Gasteiger partial charge in [0, 0.05) is 56.4 Å². The van der Waals surface area contributed by atoms with Crippen molar-refractivity contribution in [1.29, 1.82) is 0 Å². The van der Waals surface area contributed by atoms with Gasteiger partial charge in [-0.05, 0) is 51.3 Å². The topological polar surface area (TPSA) is 51.7 Å². The third-order valence-electron chi connectivity index (χ3n) is 4.54. The zero-order valence-electron chi connectivity index (χ0n) is 17.0. The van der Waals surface area contributed by atoms with E-state index in [1.807, 2.05) is 19.2 Å². The molecule has 1 aromatic carbocycles. The van der Waals surface area contributed by atoms with Crippen LogP contribution in [0, 0.1) is 0 Å². The summed E-state index contributed by atoms with van der Waals surface area (Å²) >= 11 is 5.96. The van der Waals surface area contributed by atoms with Gasteiger partial charge in [-0.15, -0.1) is 24.0 Å². The molecule has 0 amide bonds. The molecule has 1 heterocycles. The Morgan fingerprint density at radius 1 is 1.15 bits per heavy atom. The van der Waals surface area contributed by atoms with Crippen LogP contribution in [0.4, 0.5) is 0 Å². The lowest BCUT2D eigenvalue weighted by Crippen LogP contribution is -2.50. The molecule has 1 aliphatic rings. The summed E-state index contributed by atoms with van der Waals surface area (Å²) in [5.41, 5.74) is 1.47. The van der Waals surface area contributed by atoms with E-state index in [1.54, 1.807) is 0 Å². The Morgan fingerprint density at radius 3 is 2.33 bits per heavy atom. The van der Waals surface area contributed by atoms with Crippen LogP contribution >= 0.6 is 35.6 Å². The van der Waals surface area contributed by atoms with E-state index in [9.17, 15) is 0 Å². The molecular weight excluding hydrogens is 473 g/mol. The van der Waals surface area contributed by atoms with Crippen molar-refractivity contribution in [2.45, 2.75) is 51.7 Å². The number of rotatable bonds is 6. The molecule has 1 saturated heterocycles. The standard InChI is InChI=1S/C20H34ClN5.HI/c1-20(2,3)24-12-11-23-19(22-4)25-18-9-13-26(14-10-18)15-16-5-7-17(21)8-6-16;/h5-8,18,24H,9-15H2,1-4H3,(H2,22,23,25);1H. The van der Waals surface area contributed by atoms with Gasteiger partial charge in [0.1, 0.15) is 0 Å². The Balaban J connectivity index is 0.00000364. The van der Waals surface area contributed by atoms with Gasteiger partial charge in [0.2, 0.25) is 0 Å². The Morgan fingerprint density at radius 2 is 1.78 bits per heavy atom. The quantitative estimate of drug-likeness (QED) is 0.239. The minimum absolute atomic E-state index is 0. The second kappa shape index (κ2) is 12.1. The molecule has 5 nitrogen and oxygen atoms in total. The second-order valence-corrected chi connectivity index (χ2v) is 8.43. The number of hydrogen-bond acceptors (Lipinski definition) is 3. The van der Waals surface area contributed by atoms with Crippen LogP contribution in [0.2, 0.25) is 5.02 Å². The Labute approximate surface area is 186 Å². The number of halogens is 2. The molecule has 0 bridgehead atoms. The van der Waals surface area contributed by atoms with E-state index in [4.69, 9.17) is 11.6 Å². The number of piperidine rings is 1. The van der Waals surface area contributed by atoms with E-state index in [0.29, 0.717) is 6.04 Å². The maximum absolute atomic E-state index is 5.96. The smallest absolute Gasteiger partial charge is 0.191 e. The van der Waals surface area contributed by atoms with Gasteiger partial charge in [0.25, 0.3) is 0 Å². The van der Waals surface area contributed by atoms with Gasteiger partial charge in [0.05, 0.1) is 0 Å². The maximum Gasteiger partial charge on any atom is 0.191 e. The van der Waals surface area contributed by atoms with Crippen LogP contribution in [0.1, 0.15) is 39.2 Å². The third kappa shape index (κ3) is 9.96. The first-order chi connectivity index (χ1) is 12.4. The summed E-state index contributed by atoms with van der Waals surface area (Å²) in [4.78, 5) is 6.86. The second-order valence-electron chi connectivity index (χ2n) is 8.00. The molecule has 0 aliphatic carbocycles. The highest BCUT2D eigenvalue weighted by Crippen LogP contribution is 2.15. The number of nitrogens with one attached hydrogen (secondary N) is 3. The Bertz CT molecular complexity index is 563. The molecule has 0 atom stereocenters. The first kappa shape index (κ1) is 24.5. The van der Waals surface area contributed by atoms with Gasteiger partial charge >= 0.3 is 0 Å². The molecule has 0 unspecified atom stereocenters. The summed E-state index contributed by atoms with van der Waals surface area (Å²) in [5, 5.41) is 11.2. The largest absolute Gasteiger partial charge is 0.355 e. The van der Waals surface area contributed by atoms with Crippen LogP contribution in [0.5, 0.6) is 0 Å². The molecule has 1 aliphatic heterocycles. The van der Waals surface area contributed by atoms with E-state index in [1.165, 1.54) is 5.56 Å². The van der Waals surface area contributed by atoms with Gasteiger partial charge in [-0.25, -0.2) is 0 Å². The van der Waals surface area contributed by atoms with E-state index < -0.39 is 0 Å². The summed E-state index contributed by atoms with van der Waals surface area (Å²) in [7, 11) is 1.84. The fraction of sp³-hybridized carbons (Fsp3) is 0.650. The minimum Gasteiger partial charge on any atom is -0.355 e. The molecular formula is C20H35ClIN5. The van der Waals surface area contributed by atoms with Crippen molar-refractivity contribution >= 4 is 41.5 Å². The fourth-order valence-corrected chi connectivity index (χ4v) is 3.22. The predicted molar refractivity (Wildman–Crippen MR) is 127 cm³/mol. The van der Waals surface area contributed by atoms with Gasteiger partial charge in [0.15, 0.2) is 5.96 Å². The van der Waals surface area contributed by atoms with Crippen LogP contribution in [0.15, 0.2) is 29.3 Å². The number of benzene rings is 1. The average molecular weight is 508 g/mol. The molecule has 1 fully saturated rings. The minimum atomic E-state index is 0. The van der Waals surface area contributed by atoms with Crippen LogP contribution in [-0.2, 0) is 6.54 Å². The van der Waals surface area contributed by atoms with Gasteiger partial charge in [-0.2, -0.15) is 0 Å². The molecule has 2 rings (SSSR count). The lowest BCUT2D eigenvalue weighted by atomic mass is 10.0.